The van der Waals surface area contributed by atoms with Gasteiger partial charge in [0.25, 0.3) is 11.6 Å². The number of hydrogen-bond acceptors (Lipinski definition) is 4. The van der Waals surface area contributed by atoms with Crippen molar-refractivity contribution in [3.63, 3.8) is 0 Å². The van der Waals surface area contributed by atoms with Gasteiger partial charge >= 0.3 is 0 Å². The molecule has 1 unspecified atom stereocenters. The van der Waals surface area contributed by atoms with Crippen LogP contribution in [-0.2, 0) is 4.74 Å². The summed E-state index contributed by atoms with van der Waals surface area (Å²) in [6.45, 7) is 0.634. The van der Waals surface area contributed by atoms with Crippen LogP contribution in [0.5, 0.6) is 0 Å². The Bertz CT molecular complexity index is 542. The fourth-order valence-electron chi connectivity index (χ4n) is 1.57. The number of rotatable bonds is 7. The smallest absolute Gasteiger partial charge is 0.285 e. The fraction of sp³-hybridized carbons (Fsp3) is 0.417. The summed E-state index contributed by atoms with van der Waals surface area (Å²) in [4.78, 5) is 21.7. The second kappa shape index (κ2) is 7.99. The number of nitrogens with zero attached hydrogens (tertiary/aromatic N) is 1. The molecule has 0 aliphatic rings. The van der Waals surface area contributed by atoms with Crippen molar-refractivity contribution in [2.75, 3.05) is 20.3 Å². The minimum absolute atomic E-state index is 0.00254. The molecule has 0 spiro atoms. The Morgan fingerprint density at radius 2 is 2.10 bits per heavy atom. The highest BCUT2D eigenvalue weighted by Crippen LogP contribution is 2.22. The van der Waals surface area contributed by atoms with Crippen molar-refractivity contribution in [3.8, 4) is 0 Å². The van der Waals surface area contributed by atoms with Crippen molar-refractivity contribution in [2.24, 2.45) is 0 Å². The van der Waals surface area contributed by atoms with Gasteiger partial charge in [0.15, 0.2) is 11.6 Å². The Kier molecular flexibility index (Phi) is 6.63. The summed E-state index contributed by atoms with van der Waals surface area (Å²) in [5.74, 6) is -3.53. The molecule has 1 aromatic carbocycles. The molecule has 0 fully saturated rings. The monoisotopic (exact) mass is 366 g/mol. The number of amides is 1. The van der Waals surface area contributed by atoms with Gasteiger partial charge in [-0.2, -0.15) is 0 Å². The van der Waals surface area contributed by atoms with Gasteiger partial charge in [0, 0.05) is 18.5 Å². The summed E-state index contributed by atoms with van der Waals surface area (Å²) in [5, 5.41) is 13.2. The maximum Gasteiger partial charge on any atom is 0.285 e. The Hall–Kier alpha value is -1.61. The van der Waals surface area contributed by atoms with E-state index in [0.717, 1.165) is 0 Å². The standard InChI is InChI=1S/C12H13BrF2N2O4/c1-21-6-7(13)2-3-16-12(18)8-4-9(14)10(15)5-11(8)17(19)20/h4-5,7H,2-3,6H2,1H3,(H,16,18). The number of carbonyl (C=O) groups excluding carboxylic acids is 1. The number of alkyl halides is 1. The number of methoxy groups -OCH3 is 1. The molecule has 0 aliphatic heterocycles. The first-order valence-electron chi connectivity index (χ1n) is 5.91. The van der Waals surface area contributed by atoms with Crippen LogP contribution in [0.1, 0.15) is 16.8 Å². The van der Waals surface area contributed by atoms with Crippen molar-refractivity contribution < 1.29 is 23.2 Å². The maximum absolute atomic E-state index is 13.1. The first-order chi connectivity index (χ1) is 9.86. The highest BCUT2D eigenvalue weighted by Gasteiger charge is 2.23. The predicted molar refractivity (Wildman–Crippen MR) is 74.6 cm³/mol. The molecule has 21 heavy (non-hydrogen) atoms. The molecule has 1 rings (SSSR count). The number of benzene rings is 1. The van der Waals surface area contributed by atoms with E-state index >= 15 is 0 Å². The average molecular weight is 367 g/mol. The zero-order valence-corrected chi connectivity index (χ0v) is 12.7. The molecule has 1 N–H and O–H groups in total. The number of halogens is 3. The third-order valence-electron chi connectivity index (χ3n) is 2.57. The van der Waals surface area contributed by atoms with Crippen molar-refractivity contribution in [2.45, 2.75) is 11.2 Å². The third kappa shape index (κ3) is 5.01. The Morgan fingerprint density at radius 3 is 2.67 bits per heavy atom. The predicted octanol–water partition coefficient (Wildman–Crippen LogP) is 2.40. The van der Waals surface area contributed by atoms with E-state index in [9.17, 15) is 23.7 Å². The third-order valence-corrected chi connectivity index (χ3v) is 3.29. The van der Waals surface area contributed by atoms with Gasteiger partial charge in [-0.3, -0.25) is 14.9 Å². The molecule has 6 nitrogen and oxygen atoms in total. The minimum atomic E-state index is -1.38. The summed E-state index contributed by atoms with van der Waals surface area (Å²) in [5.41, 5.74) is -1.30. The van der Waals surface area contributed by atoms with Gasteiger partial charge < -0.3 is 10.1 Å². The van der Waals surface area contributed by atoms with Crippen LogP contribution in [0.3, 0.4) is 0 Å². The normalized spacial score (nSPS) is 12.0. The van der Waals surface area contributed by atoms with Crippen LogP contribution in [0.25, 0.3) is 0 Å². The van der Waals surface area contributed by atoms with Crippen LogP contribution in [0.4, 0.5) is 14.5 Å². The van der Waals surface area contributed by atoms with Gasteiger partial charge in [0.05, 0.1) is 17.6 Å². The van der Waals surface area contributed by atoms with Gasteiger partial charge in [-0.05, 0) is 12.5 Å². The molecule has 0 aromatic heterocycles. The molecule has 1 atom stereocenters. The van der Waals surface area contributed by atoms with Crippen LogP contribution < -0.4 is 5.32 Å². The van der Waals surface area contributed by atoms with Gasteiger partial charge in [0.2, 0.25) is 0 Å². The number of ether oxygens (including phenoxy) is 1. The molecule has 0 heterocycles. The summed E-state index contributed by atoms with van der Waals surface area (Å²) >= 11 is 3.31. The maximum atomic E-state index is 13.1. The van der Waals surface area contributed by atoms with Crippen LogP contribution in [0, 0.1) is 21.7 Å². The number of nitro groups is 1. The van der Waals surface area contributed by atoms with E-state index in [-0.39, 0.29) is 11.4 Å². The molecule has 116 valence electrons. The van der Waals surface area contributed by atoms with Crippen LogP contribution in [-0.4, -0.2) is 35.9 Å². The first kappa shape index (κ1) is 17.4. The minimum Gasteiger partial charge on any atom is -0.384 e. The molecule has 0 aliphatic carbocycles. The Balaban J connectivity index is 2.78. The molecular formula is C12H13BrF2N2O4. The summed E-state index contributed by atoms with van der Waals surface area (Å²) in [6.07, 6.45) is 0.511. The van der Waals surface area contributed by atoms with Gasteiger partial charge in [0.1, 0.15) is 5.56 Å². The molecule has 0 bridgehead atoms. The zero-order valence-electron chi connectivity index (χ0n) is 11.1. The number of nitrogens with one attached hydrogen (secondary N) is 1. The van der Waals surface area contributed by atoms with Gasteiger partial charge in [-0.1, -0.05) is 15.9 Å². The lowest BCUT2D eigenvalue weighted by molar-refractivity contribution is -0.385. The van der Waals surface area contributed by atoms with E-state index < -0.39 is 33.7 Å². The molecule has 0 saturated heterocycles. The van der Waals surface area contributed by atoms with E-state index in [1.54, 1.807) is 0 Å². The molecule has 1 amide bonds. The van der Waals surface area contributed by atoms with E-state index in [1.165, 1.54) is 7.11 Å². The SMILES string of the molecule is COCC(Br)CCNC(=O)c1cc(F)c(F)cc1[N+](=O)[O-]. The summed E-state index contributed by atoms with van der Waals surface area (Å²) < 4.78 is 31.0. The molecule has 0 radical (unpaired) electrons. The Labute approximate surface area is 127 Å². The van der Waals surface area contributed by atoms with Crippen molar-refractivity contribution in [3.05, 3.63) is 39.4 Å². The largest absolute Gasteiger partial charge is 0.384 e. The lowest BCUT2D eigenvalue weighted by atomic mass is 10.1. The summed E-state index contributed by atoms with van der Waals surface area (Å²) in [7, 11) is 1.53. The van der Waals surface area contributed by atoms with Gasteiger partial charge in [-0.15, -0.1) is 0 Å². The average Bonchev–Trinajstić information content (AvgIpc) is 2.41. The lowest BCUT2D eigenvalue weighted by Gasteiger charge is -2.10. The quantitative estimate of drug-likeness (QED) is 0.456. The van der Waals surface area contributed by atoms with Crippen molar-refractivity contribution in [1.29, 1.82) is 0 Å². The van der Waals surface area contributed by atoms with Crippen LogP contribution in [0.15, 0.2) is 12.1 Å². The second-order valence-corrected chi connectivity index (χ2v) is 5.43. The van der Waals surface area contributed by atoms with E-state index in [0.29, 0.717) is 25.2 Å². The fourth-order valence-corrected chi connectivity index (χ4v) is 2.06. The van der Waals surface area contributed by atoms with E-state index in [1.807, 2.05) is 0 Å². The zero-order chi connectivity index (χ0) is 16.0. The first-order valence-corrected chi connectivity index (χ1v) is 6.83. The lowest BCUT2D eigenvalue weighted by Crippen LogP contribution is -2.27. The molecular weight excluding hydrogens is 354 g/mol. The van der Waals surface area contributed by atoms with Crippen LogP contribution in [0.2, 0.25) is 0 Å². The second-order valence-electron chi connectivity index (χ2n) is 4.14. The highest BCUT2D eigenvalue weighted by molar-refractivity contribution is 9.09. The van der Waals surface area contributed by atoms with E-state index in [4.69, 9.17) is 4.74 Å². The number of carbonyl (C=O) groups is 1. The van der Waals surface area contributed by atoms with Gasteiger partial charge in [-0.25, -0.2) is 8.78 Å². The topological polar surface area (TPSA) is 81.5 Å². The summed E-state index contributed by atoms with van der Waals surface area (Å²) in [6, 6.07) is 0.909. The number of nitro benzene ring substituents is 1. The number of hydrogen-bond donors (Lipinski definition) is 1. The Morgan fingerprint density at radius 1 is 1.48 bits per heavy atom. The highest BCUT2D eigenvalue weighted by atomic mass is 79.9. The molecule has 0 saturated carbocycles. The molecule has 9 heteroatoms. The van der Waals surface area contributed by atoms with Crippen molar-refractivity contribution >= 4 is 27.5 Å². The van der Waals surface area contributed by atoms with Crippen molar-refractivity contribution in [1.82, 2.24) is 5.32 Å². The van der Waals surface area contributed by atoms with E-state index in [2.05, 4.69) is 21.2 Å². The molecule has 1 aromatic rings. The van der Waals surface area contributed by atoms with Crippen LogP contribution >= 0.6 is 15.9 Å².